The molecule has 0 saturated carbocycles. The number of nitrogens with two attached hydrogens (primary N) is 1. The number of nitrogens with one attached hydrogen (secondary N) is 1. The molecule has 110 valence electrons. The van der Waals surface area contributed by atoms with Gasteiger partial charge in [0.1, 0.15) is 0 Å². The van der Waals surface area contributed by atoms with Crippen molar-refractivity contribution in [2.24, 2.45) is 0 Å². The number of rotatable bonds is 4. The van der Waals surface area contributed by atoms with E-state index in [-0.39, 0.29) is 5.97 Å². The lowest BCUT2D eigenvalue weighted by atomic mass is 10.1. The summed E-state index contributed by atoms with van der Waals surface area (Å²) in [6.07, 6.45) is 0. The molecule has 2 rings (SSSR count). The van der Waals surface area contributed by atoms with Crippen LogP contribution in [-0.2, 0) is 4.74 Å². The van der Waals surface area contributed by atoms with Crippen molar-refractivity contribution in [3.8, 4) is 0 Å². The molecule has 0 aliphatic carbocycles. The zero-order valence-corrected chi connectivity index (χ0v) is 13.7. The fraction of sp³-hybridized carbons (Fsp3) is 0.133. The lowest BCUT2D eigenvalue weighted by Gasteiger charge is -2.12. The molecule has 0 atom stereocenters. The topological polar surface area (TPSA) is 64.3 Å². The van der Waals surface area contributed by atoms with Crippen LogP contribution in [-0.4, -0.2) is 12.6 Å². The van der Waals surface area contributed by atoms with Crippen molar-refractivity contribution >= 4 is 50.6 Å². The van der Waals surface area contributed by atoms with Gasteiger partial charge in [0, 0.05) is 9.50 Å². The van der Waals surface area contributed by atoms with Crippen molar-refractivity contribution in [3.63, 3.8) is 0 Å². The van der Waals surface area contributed by atoms with Gasteiger partial charge in [-0.25, -0.2) is 4.79 Å². The number of esters is 1. The van der Waals surface area contributed by atoms with E-state index in [1.807, 2.05) is 6.07 Å². The third-order valence-electron chi connectivity index (χ3n) is 2.76. The molecular formula is C15H14BrClN2O2. The first kappa shape index (κ1) is 15.7. The summed E-state index contributed by atoms with van der Waals surface area (Å²) in [5.74, 6) is -0.386. The molecule has 0 aliphatic heterocycles. The molecule has 0 spiro atoms. The molecule has 0 bridgehead atoms. The van der Waals surface area contributed by atoms with Crippen molar-refractivity contribution in [1.29, 1.82) is 0 Å². The lowest BCUT2D eigenvalue weighted by molar-refractivity contribution is 0.0526. The molecule has 0 saturated heterocycles. The van der Waals surface area contributed by atoms with Gasteiger partial charge in [-0.05, 0) is 59.3 Å². The van der Waals surface area contributed by atoms with Crippen molar-refractivity contribution in [3.05, 3.63) is 51.5 Å². The van der Waals surface area contributed by atoms with E-state index in [0.29, 0.717) is 28.6 Å². The molecule has 0 amide bonds. The Morgan fingerprint density at radius 3 is 2.62 bits per heavy atom. The molecule has 3 N–H and O–H groups in total. The van der Waals surface area contributed by atoms with Crippen molar-refractivity contribution in [2.75, 3.05) is 17.7 Å². The Bertz CT molecular complexity index is 677. The highest BCUT2D eigenvalue weighted by atomic mass is 79.9. The van der Waals surface area contributed by atoms with Gasteiger partial charge in [0.25, 0.3) is 0 Å². The van der Waals surface area contributed by atoms with Crippen LogP contribution < -0.4 is 11.1 Å². The Hall–Kier alpha value is -1.72. The molecule has 0 aliphatic rings. The van der Waals surface area contributed by atoms with Crippen LogP contribution in [0, 0.1) is 0 Å². The maximum atomic E-state index is 11.6. The first-order valence-electron chi connectivity index (χ1n) is 6.30. The Balaban J connectivity index is 2.23. The van der Waals surface area contributed by atoms with E-state index in [4.69, 9.17) is 22.1 Å². The third kappa shape index (κ3) is 3.89. The van der Waals surface area contributed by atoms with Crippen LogP contribution in [0.3, 0.4) is 0 Å². The Labute approximate surface area is 136 Å². The molecule has 2 aromatic carbocycles. The van der Waals surface area contributed by atoms with Crippen molar-refractivity contribution < 1.29 is 9.53 Å². The first-order chi connectivity index (χ1) is 10.0. The van der Waals surface area contributed by atoms with E-state index in [9.17, 15) is 4.79 Å². The molecular weight excluding hydrogens is 356 g/mol. The fourth-order valence-corrected chi connectivity index (χ4v) is 2.54. The van der Waals surface area contributed by atoms with Gasteiger partial charge >= 0.3 is 5.97 Å². The van der Waals surface area contributed by atoms with E-state index in [1.165, 1.54) is 0 Å². The number of anilines is 3. The molecule has 4 nitrogen and oxygen atoms in total. The second kappa shape index (κ2) is 6.83. The van der Waals surface area contributed by atoms with Gasteiger partial charge < -0.3 is 15.8 Å². The summed E-state index contributed by atoms with van der Waals surface area (Å²) in [7, 11) is 0. The Kier molecular flexibility index (Phi) is 5.09. The van der Waals surface area contributed by atoms with Crippen LogP contribution in [0.2, 0.25) is 5.02 Å². The van der Waals surface area contributed by atoms with Gasteiger partial charge in [-0.2, -0.15) is 0 Å². The van der Waals surface area contributed by atoms with Crippen LogP contribution in [0.4, 0.5) is 17.1 Å². The normalized spacial score (nSPS) is 10.2. The van der Waals surface area contributed by atoms with Gasteiger partial charge in [-0.3, -0.25) is 0 Å². The van der Waals surface area contributed by atoms with E-state index >= 15 is 0 Å². The second-order valence-electron chi connectivity index (χ2n) is 4.27. The van der Waals surface area contributed by atoms with E-state index in [1.54, 1.807) is 37.3 Å². The summed E-state index contributed by atoms with van der Waals surface area (Å²) < 4.78 is 5.76. The zero-order valence-electron chi connectivity index (χ0n) is 11.3. The molecule has 21 heavy (non-hydrogen) atoms. The minimum absolute atomic E-state index is 0.330. The summed E-state index contributed by atoms with van der Waals surface area (Å²) in [6, 6.07) is 10.4. The predicted octanol–water partition coefficient (Wildman–Crippen LogP) is 4.61. The SMILES string of the molecule is CCOC(=O)c1ccc(Nc2ccc(Cl)cc2Br)c(N)c1. The number of hydrogen-bond donors (Lipinski definition) is 2. The number of carbonyl (C=O) groups excluding carboxylic acids is 1. The summed E-state index contributed by atoms with van der Waals surface area (Å²) in [5.41, 5.74) is 8.39. The number of nitrogen functional groups attached to an aromatic ring is 1. The predicted molar refractivity (Wildman–Crippen MR) is 89.2 cm³/mol. The highest BCUT2D eigenvalue weighted by molar-refractivity contribution is 9.10. The van der Waals surface area contributed by atoms with Crippen LogP contribution in [0.5, 0.6) is 0 Å². The van der Waals surface area contributed by atoms with E-state index in [2.05, 4.69) is 21.2 Å². The third-order valence-corrected chi connectivity index (χ3v) is 3.65. The summed E-state index contributed by atoms with van der Waals surface area (Å²) in [5, 5.41) is 3.82. The summed E-state index contributed by atoms with van der Waals surface area (Å²) >= 11 is 9.33. The second-order valence-corrected chi connectivity index (χ2v) is 5.56. The van der Waals surface area contributed by atoms with Gasteiger partial charge in [-0.1, -0.05) is 11.6 Å². The maximum absolute atomic E-state index is 11.6. The highest BCUT2D eigenvalue weighted by Crippen LogP contribution is 2.31. The number of hydrogen-bond acceptors (Lipinski definition) is 4. The number of carbonyl (C=O) groups is 1. The van der Waals surface area contributed by atoms with Crippen LogP contribution in [0.15, 0.2) is 40.9 Å². The van der Waals surface area contributed by atoms with Crippen molar-refractivity contribution in [2.45, 2.75) is 6.92 Å². The van der Waals surface area contributed by atoms with E-state index < -0.39 is 0 Å². The van der Waals surface area contributed by atoms with E-state index in [0.717, 1.165) is 10.2 Å². The monoisotopic (exact) mass is 368 g/mol. The molecule has 0 heterocycles. The Morgan fingerprint density at radius 1 is 1.29 bits per heavy atom. The lowest BCUT2D eigenvalue weighted by Crippen LogP contribution is -2.06. The minimum Gasteiger partial charge on any atom is -0.462 e. The molecule has 2 aromatic rings. The van der Waals surface area contributed by atoms with Gasteiger partial charge in [0.15, 0.2) is 0 Å². The highest BCUT2D eigenvalue weighted by Gasteiger charge is 2.10. The van der Waals surface area contributed by atoms with Gasteiger partial charge in [0.05, 0.1) is 29.2 Å². The van der Waals surface area contributed by atoms with Gasteiger partial charge in [0.2, 0.25) is 0 Å². The quantitative estimate of drug-likeness (QED) is 0.610. The average Bonchev–Trinajstić information content (AvgIpc) is 2.44. The molecule has 0 radical (unpaired) electrons. The summed E-state index contributed by atoms with van der Waals surface area (Å²) in [4.78, 5) is 11.6. The molecule has 0 aromatic heterocycles. The average molecular weight is 370 g/mol. The maximum Gasteiger partial charge on any atom is 0.338 e. The first-order valence-corrected chi connectivity index (χ1v) is 7.47. The number of halogens is 2. The Morgan fingerprint density at radius 2 is 2.00 bits per heavy atom. The van der Waals surface area contributed by atoms with Crippen LogP contribution in [0.25, 0.3) is 0 Å². The standard InChI is InChI=1S/C15H14BrClN2O2/c1-2-21-15(20)9-3-5-14(12(18)7-9)19-13-6-4-10(17)8-11(13)16/h3-8,19H,2,18H2,1H3. The number of ether oxygens (including phenoxy) is 1. The summed E-state index contributed by atoms with van der Waals surface area (Å²) in [6.45, 7) is 2.09. The number of benzene rings is 2. The smallest absolute Gasteiger partial charge is 0.338 e. The van der Waals surface area contributed by atoms with Crippen LogP contribution >= 0.6 is 27.5 Å². The van der Waals surface area contributed by atoms with Crippen molar-refractivity contribution in [1.82, 2.24) is 0 Å². The molecule has 6 heteroatoms. The fourth-order valence-electron chi connectivity index (χ4n) is 1.75. The largest absolute Gasteiger partial charge is 0.462 e. The molecule has 0 fully saturated rings. The minimum atomic E-state index is -0.386. The zero-order chi connectivity index (χ0) is 15.4. The molecule has 0 unspecified atom stereocenters. The van der Waals surface area contributed by atoms with Gasteiger partial charge in [-0.15, -0.1) is 0 Å². The van der Waals surface area contributed by atoms with Crippen LogP contribution in [0.1, 0.15) is 17.3 Å².